The number of nitrogens with zero attached hydrogens (tertiary/aromatic N) is 1. The summed E-state index contributed by atoms with van der Waals surface area (Å²) in [6, 6.07) is 5.13. The summed E-state index contributed by atoms with van der Waals surface area (Å²) in [6.07, 6.45) is -3.58. The average molecular weight is 312 g/mol. The molecule has 3 rings (SSSR count). The zero-order valence-corrected chi connectivity index (χ0v) is 13.2. The Morgan fingerprint density at radius 2 is 1.86 bits per heavy atom. The van der Waals surface area contributed by atoms with E-state index in [2.05, 4.69) is 35.7 Å². The fourth-order valence-corrected chi connectivity index (χ4v) is 3.36. The van der Waals surface area contributed by atoms with E-state index in [1.54, 1.807) is 6.07 Å². The minimum Gasteiger partial charge on any atom is -0.395 e. The minimum absolute atomic E-state index is 0.0120. The molecule has 1 saturated heterocycles. The number of halogens is 2. The third kappa shape index (κ3) is 2.90. The van der Waals surface area contributed by atoms with Gasteiger partial charge < -0.3 is 14.8 Å². The van der Waals surface area contributed by atoms with Gasteiger partial charge in [0.1, 0.15) is 0 Å². The standard InChI is InChI=1S/C16H22F2N2O2/c1-15(2,3)14(20-9-7-19-8-10-20)11-5-4-6-12-13(11)22-16(17,18)21-12/h4-6,14,19H,7-10H2,1-3H3/t14-/m0/s1. The van der Waals surface area contributed by atoms with Gasteiger partial charge in [-0.05, 0) is 11.5 Å². The Bertz CT molecular complexity index is 552. The van der Waals surface area contributed by atoms with Crippen LogP contribution < -0.4 is 14.8 Å². The van der Waals surface area contributed by atoms with Gasteiger partial charge in [-0.2, -0.15) is 0 Å². The summed E-state index contributed by atoms with van der Waals surface area (Å²) in [6.45, 7) is 9.91. The Balaban J connectivity index is 2.01. The summed E-state index contributed by atoms with van der Waals surface area (Å²) in [4.78, 5) is 2.33. The molecule has 122 valence electrons. The van der Waals surface area contributed by atoms with Crippen molar-refractivity contribution in [2.75, 3.05) is 26.2 Å². The molecule has 0 aliphatic carbocycles. The van der Waals surface area contributed by atoms with E-state index in [1.165, 1.54) is 6.07 Å². The lowest BCUT2D eigenvalue weighted by atomic mass is 9.80. The van der Waals surface area contributed by atoms with E-state index in [9.17, 15) is 8.78 Å². The van der Waals surface area contributed by atoms with Crippen LogP contribution in [0.15, 0.2) is 18.2 Å². The Morgan fingerprint density at radius 1 is 1.18 bits per heavy atom. The molecule has 0 bridgehead atoms. The summed E-state index contributed by atoms with van der Waals surface area (Å²) in [5, 5.41) is 3.32. The molecule has 1 N–H and O–H groups in total. The minimum atomic E-state index is -3.58. The van der Waals surface area contributed by atoms with Crippen molar-refractivity contribution in [1.29, 1.82) is 0 Å². The van der Waals surface area contributed by atoms with Gasteiger partial charge in [-0.3, -0.25) is 4.90 Å². The molecular formula is C16H22F2N2O2. The van der Waals surface area contributed by atoms with Crippen LogP contribution in [-0.2, 0) is 0 Å². The molecule has 2 aliphatic heterocycles. The molecule has 2 heterocycles. The molecule has 4 nitrogen and oxygen atoms in total. The average Bonchev–Trinajstić information content (AvgIpc) is 2.73. The molecule has 22 heavy (non-hydrogen) atoms. The van der Waals surface area contributed by atoms with Gasteiger partial charge >= 0.3 is 6.29 Å². The highest BCUT2D eigenvalue weighted by Gasteiger charge is 2.46. The van der Waals surface area contributed by atoms with Crippen molar-refractivity contribution in [1.82, 2.24) is 10.2 Å². The molecule has 1 fully saturated rings. The summed E-state index contributed by atoms with van der Waals surface area (Å²) in [5.74, 6) is 0.290. The highest BCUT2D eigenvalue weighted by molar-refractivity contribution is 5.50. The smallest absolute Gasteiger partial charge is 0.395 e. The first kappa shape index (κ1) is 15.5. The summed E-state index contributed by atoms with van der Waals surface area (Å²) < 4.78 is 36.3. The fourth-order valence-electron chi connectivity index (χ4n) is 3.36. The van der Waals surface area contributed by atoms with Crippen LogP contribution in [0.25, 0.3) is 0 Å². The van der Waals surface area contributed by atoms with Gasteiger partial charge in [0.15, 0.2) is 11.5 Å². The van der Waals surface area contributed by atoms with E-state index in [4.69, 9.17) is 4.74 Å². The maximum absolute atomic E-state index is 13.5. The predicted octanol–water partition coefficient (Wildman–Crippen LogP) is 3.00. The molecule has 2 aliphatic rings. The van der Waals surface area contributed by atoms with Gasteiger partial charge in [0, 0.05) is 37.8 Å². The van der Waals surface area contributed by atoms with Crippen molar-refractivity contribution in [3.63, 3.8) is 0 Å². The Morgan fingerprint density at radius 3 is 2.50 bits per heavy atom. The molecule has 0 radical (unpaired) electrons. The van der Waals surface area contributed by atoms with E-state index in [1.807, 2.05) is 6.07 Å². The van der Waals surface area contributed by atoms with Gasteiger partial charge in [0.25, 0.3) is 0 Å². The molecule has 0 amide bonds. The molecule has 0 aromatic heterocycles. The van der Waals surface area contributed by atoms with E-state index in [0.717, 1.165) is 31.7 Å². The maximum Gasteiger partial charge on any atom is 0.586 e. The second kappa shape index (κ2) is 5.35. The molecular weight excluding hydrogens is 290 g/mol. The topological polar surface area (TPSA) is 33.7 Å². The van der Waals surface area contributed by atoms with Crippen molar-refractivity contribution in [3.05, 3.63) is 23.8 Å². The van der Waals surface area contributed by atoms with Crippen LogP contribution in [0.3, 0.4) is 0 Å². The van der Waals surface area contributed by atoms with Crippen LogP contribution in [0.4, 0.5) is 8.78 Å². The lowest BCUT2D eigenvalue weighted by Crippen LogP contribution is -2.48. The van der Waals surface area contributed by atoms with E-state index >= 15 is 0 Å². The molecule has 1 aromatic carbocycles. The lowest BCUT2D eigenvalue weighted by Gasteiger charge is -2.42. The SMILES string of the molecule is CC(C)(C)[C@H](c1cccc2c1OC(F)(F)O2)N1CCNCC1. The molecule has 0 saturated carbocycles. The van der Waals surface area contributed by atoms with Crippen molar-refractivity contribution >= 4 is 0 Å². The number of rotatable bonds is 2. The van der Waals surface area contributed by atoms with Gasteiger partial charge in [0.2, 0.25) is 0 Å². The van der Waals surface area contributed by atoms with Crippen molar-refractivity contribution in [2.24, 2.45) is 5.41 Å². The van der Waals surface area contributed by atoms with Crippen LogP contribution in [0.2, 0.25) is 0 Å². The number of ether oxygens (including phenoxy) is 2. The van der Waals surface area contributed by atoms with Crippen LogP contribution in [0.5, 0.6) is 11.5 Å². The highest BCUT2D eigenvalue weighted by atomic mass is 19.3. The molecule has 0 unspecified atom stereocenters. The number of alkyl halides is 2. The van der Waals surface area contributed by atoms with Gasteiger partial charge in [-0.15, -0.1) is 8.78 Å². The number of hydrogen-bond donors (Lipinski definition) is 1. The largest absolute Gasteiger partial charge is 0.586 e. The number of nitrogens with one attached hydrogen (secondary N) is 1. The molecule has 1 aromatic rings. The van der Waals surface area contributed by atoms with Gasteiger partial charge in [-0.1, -0.05) is 32.9 Å². The first-order chi connectivity index (χ1) is 10.3. The Hall–Kier alpha value is -1.40. The normalized spacial score (nSPS) is 22.6. The monoisotopic (exact) mass is 312 g/mol. The summed E-state index contributed by atoms with van der Waals surface area (Å²) in [5.41, 5.74) is 0.650. The highest BCUT2D eigenvalue weighted by Crippen LogP contribution is 2.50. The summed E-state index contributed by atoms with van der Waals surface area (Å²) >= 11 is 0. The zero-order chi connectivity index (χ0) is 16.0. The molecule has 1 atom stereocenters. The fraction of sp³-hybridized carbons (Fsp3) is 0.625. The first-order valence-electron chi connectivity index (χ1n) is 7.61. The lowest BCUT2D eigenvalue weighted by molar-refractivity contribution is -0.287. The van der Waals surface area contributed by atoms with Gasteiger partial charge in [0.05, 0.1) is 0 Å². The van der Waals surface area contributed by atoms with E-state index in [0.29, 0.717) is 0 Å². The Labute approximate surface area is 129 Å². The molecule has 0 spiro atoms. The number of para-hydroxylation sites is 1. The maximum atomic E-state index is 13.5. The van der Waals surface area contributed by atoms with E-state index < -0.39 is 6.29 Å². The van der Waals surface area contributed by atoms with Crippen molar-refractivity contribution < 1.29 is 18.3 Å². The van der Waals surface area contributed by atoms with Gasteiger partial charge in [-0.25, -0.2) is 0 Å². The summed E-state index contributed by atoms with van der Waals surface area (Å²) in [7, 11) is 0. The van der Waals surface area contributed by atoms with Crippen molar-refractivity contribution in [2.45, 2.75) is 33.1 Å². The first-order valence-corrected chi connectivity index (χ1v) is 7.61. The predicted molar refractivity (Wildman–Crippen MR) is 79.3 cm³/mol. The number of fused-ring (bicyclic) bond motifs is 1. The third-order valence-electron chi connectivity index (χ3n) is 4.09. The molecule has 6 heteroatoms. The van der Waals surface area contributed by atoms with Crippen LogP contribution in [-0.4, -0.2) is 37.4 Å². The number of benzene rings is 1. The van der Waals surface area contributed by atoms with Crippen LogP contribution in [0.1, 0.15) is 32.4 Å². The van der Waals surface area contributed by atoms with Crippen LogP contribution in [0, 0.1) is 5.41 Å². The zero-order valence-electron chi connectivity index (χ0n) is 13.2. The number of hydrogen-bond acceptors (Lipinski definition) is 4. The second-order valence-corrected chi connectivity index (χ2v) is 6.90. The van der Waals surface area contributed by atoms with Crippen molar-refractivity contribution in [3.8, 4) is 11.5 Å². The van der Waals surface area contributed by atoms with Crippen LogP contribution >= 0.6 is 0 Å². The second-order valence-electron chi connectivity index (χ2n) is 6.90. The van der Waals surface area contributed by atoms with E-state index in [-0.39, 0.29) is 23.0 Å². The third-order valence-corrected chi connectivity index (χ3v) is 4.09. The Kier molecular flexibility index (Phi) is 3.77. The quantitative estimate of drug-likeness (QED) is 0.910. The number of piperazine rings is 1.